The van der Waals surface area contributed by atoms with E-state index in [1.807, 2.05) is 12.1 Å². The van der Waals surface area contributed by atoms with E-state index in [9.17, 15) is 0 Å². The number of thiophene rings is 1. The molecule has 0 fully saturated rings. The number of fused-ring (bicyclic) bond motifs is 1. The van der Waals surface area contributed by atoms with E-state index in [2.05, 4.69) is 23.4 Å². The number of hydrogen-bond donors (Lipinski definition) is 1. The van der Waals surface area contributed by atoms with E-state index >= 15 is 0 Å². The second-order valence-corrected chi connectivity index (χ2v) is 3.92. The maximum atomic E-state index is 8.28. The van der Waals surface area contributed by atoms with Gasteiger partial charge in [0.05, 0.1) is 0 Å². The van der Waals surface area contributed by atoms with Crippen molar-refractivity contribution in [1.82, 2.24) is 0 Å². The van der Waals surface area contributed by atoms with Crippen LogP contribution in [-0.2, 0) is 6.42 Å². The molecule has 0 aliphatic carbocycles. The van der Waals surface area contributed by atoms with E-state index < -0.39 is 0 Å². The number of nitrogens with zero attached hydrogens (tertiary/aromatic N) is 1. The normalized spacial score (nSPS) is 11.4. The number of hydrogen-bond acceptors (Lipinski definition) is 3. The van der Waals surface area contributed by atoms with Crippen LogP contribution in [0.25, 0.3) is 10.1 Å². The Labute approximate surface area is 80.1 Å². The van der Waals surface area contributed by atoms with Crippen LogP contribution in [0, 0.1) is 0 Å². The zero-order valence-corrected chi connectivity index (χ0v) is 7.79. The van der Waals surface area contributed by atoms with Gasteiger partial charge in [-0.15, -0.1) is 16.5 Å². The molecule has 1 aromatic heterocycles. The van der Waals surface area contributed by atoms with Gasteiger partial charge >= 0.3 is 0 Å². The van der Waals surface area contributed by atoms with Gasteiger partial charge in [0.15, 0.2) is 0 Å². The molecule has 1 heterocycles. The van der Waals surface area contributed by atoms with E-state index in [0.717, 1.165) is 0 Å². The quantitative estimate of drug-likeness (QED) is 0.442. The molecule has 2 rings (SSSR count). The van der Waals surface area contributed by atoms with Crippen molar-refractivity contribution >= 4 is 27.6 Å². The van der Waals surface area contributed by atoms with Gasteiger partial charge < -0.3 is 5.21 Å². The summed E-state index contributed by atoms with van der Waals surface area (Å²) in [5, 5.41) is 12.5. The minimum Gasteiger partial charge on any atom is -0.411 e. The van der Waals surface area contributed by atoms with Crippen molar-refractivity contribution in [2.24, 2.45) is 5.16 Å². The molecule has 0 amide bonds. The van der Waals surface area contributed by atoms with Crippen LogP contribution in [0.2, 0.25) is 0 Å². The molecule has 3 heteroatoms. The lowest BCUT2D eigenvalue weighted by Gasteiger charge is -1.82. The van der Waals surface area contributed by atoms with E-state index in [1.54, 1.807) is 11.3 Å². The molecule has 66 valence electrons. The predicted molar refractivity (Wildman–Crippen MR) is 55.8 cm³/mol. The van der Waals surface area contributed by atoms with Crippen LogP contribution in [0.1, 0.15) is 4.88 Å². The fraction of sp³-hybridized carbons (Fsp3) is 0.100. The van der Waals surface area contributed by atoms with Gasteiger partial charge in [0, 0.05) is 22.2 Å². The molecule has 0 spiro atoms. The van der Waals surface area contributed by atoms with Crippen molar-refractivity contribution in [2.45, 2.75) is 6.42 Å². The van der Waals surface area contributed by atoms with Crippen molar-refractivity contribution < 1.29 is 5.21 Å². The molecular formula is C10H9NOS. The Kier molecular flexibility index (Phi) is 2.27. The van der Waals surface area contributed by atoms with Gasteiger partial charge in [-0.25, -0.2) is 0 Å². The molecule has 1 aromatic carbocycles. The van der Waals surface area contributed by atoms with Gasteiger partial charge in [0.25, 0.3) is 0 Å². The third-order valence-electron chi connectivity index (χ3n) is 1.85. The van der Waals surface area contributed by atoms with Crippen molar-refractivity contribution in [2.75, 3.05) is 0 Å². The van der Waals surface area contributed by atoms with Crippen molar-refractivity contribution in [3.05, 3.63) is 35.2 Å². The van der Waals surface area contributed by atoms with Crippen molar-refractivity contribution in [3.8, 4) is 0 Å². The molecule has 1 N–H and O–H groups in total. The Morgan fingerprint density at radius 2 is 2.23 bits per heavy atom. The summed E-state index contributed by atoms with van der Waals surface area (Å²) in [7, 11) is 0. The van der Waals surface area contributed by atoms with Gasteiger partial charge in [0.2, 0.25) is 0 Å². The largest absolute Gasteiger partial charge is 0.411 e. The first-order valence-electron chi connectivity index (χ1n) is 4.03. The zero-order valence-electron chi connectivity index (χ0n) is 6.97. The van der Waals surface area contributed by atoms with Crippen molar-refractivity contribution in [3.63, 3.8) is 0 Å². The zero-order chi connectivity index (χ0) is 9.10. The van der Waals surface area contributed by atoms with Crippen LogP contribution in [0.15, 0.2) is 35.5 Å². The average molecular weight is 191 g/mol. The second kappa shape index (κ2) is 3.58. The average Bonchev–Trinajstić information content (AvgIpc) is 2.57. The molecule has 0 unspecified atom stereocenters. The fourth-order valence-corrected chi connectivity index (χ4v) is 2.29. The predicted octanol–water partition coefficient (Wildman–Crippen LogP) is 2.90. The molecule has 0 saturated carbocycles. The summed E-state index contributed by atoms with van der Waals surface area (Å²) in [6.45, 7) is 0. The maximum absolute atomic E-state index is 8.28. The summed E-state index contributed by atoms with van der Waals surface area (Å²) in [5.41, 5.74) is 0. The Morgan fingerprint density at radius 1 is 1.38 bits per heavy atom. The monoisotopic (exact) mass is 191 g/mol. The molecule has 0 saturated heterocycles. The molecule has 2 aromatic rings. The van der Waals surface area contributed by atoms with Crippen LogP contribution in [0.3, 0.4) is 0 Å². The lowest BCUT2D eigenvalue weighted by molar-refractivity contribution is 0.321. The second-order valence-electron chi connectivity index (χ2n) is 2.75. The first kappa shape index (κ1) is 8.26. The van der Waals surface area contributed by atoms with Gasteiger partial charge in [0.1, 0.15) is 0 Å². The lowest BCUT2D eigenvalue weighted by Crippen LogP contribution is -1.78. The number of rotatable bonds is 2. The van der Waals surface area contributed by atoms with Crippen LogP contribution in [0.4, 0.5) is 0 Å². The molecule has 0 radical (unpaired) electrons. The summed E-state index contributed by atoms with van der Waals surface area (Å²) >= 11 is 1.73. The Hall–Kier alpha value is -1.35. The number of benzene rings is 1. The SMILES string of the molecule is ON=CCc1cc2ccccc2s1. The molecule has 13 heavy (non-hydrogen) atoms. The number of oxime groups is 1. The van der Waals surface area contributed by atoms with E-state index in [0.29, 0.717) is 6.42 Å². The third-order valence-corrected chi connectivity index (χ3v) is 2.99. The Morgan fingerprint density at radius 3 is 3.00 bits per heavy atom. The van der Waals surface area contributed by atoms with Gasteiger partial charge in [-0.2, -0.15) is 0 Å². The summed E-state index contributed by atoms with van der Waals surface area (Å²) in [4.78, 5) is 1.22. The minimum atomic E-state index is 0.704. The molecule has 0 aliphatic heterocycles. The van der Waals surface area contributed by atoms with Crippen molar-refractivity contribution in [1.29, 1.82) is 0 Å². The van der Waals surface area contributed by atoms with Gasteiger partial charge in [-0.3, -0.25) is 0 Å². The topological polar surface area (TPSA) is 32.6 Å². The van der Waals surface area contributed by atoms with E-state index in [4.69, 9.17) is 5.21 Å². The Balaban J connectivity index is 2.38. The fourth-order valence-electron chi connectivity index (χ4n) is 1.27. The van der Waals surface area contributed by atoms with Crippen LogP contribution >= 0.6 is 11.3 Å². The highest BCUT2D eigenvalue weighted by molar-refractivity contribution is 7.19. The summed E-state index contributed by atoms with van der Waals surface area (Å²) in [6, 6.07) is 10.4. The summed E-state index contributed by atoms with van der Waals surface area (Å²) in [5.74, 6) is 0. The van der Waals surface area contributed by atoms with Gasteiger partial charge in [-0.05, 0) is 17.5 Å². The molecular weight excluding hydrogens is 182 g/mol. The van der Waals surface area contributed by atoms with E-state index in [-0.39, 0.29) is 0 Å². The minimum absolute atomic E-state index is 0.704. The molecule has 0 aliphatic rings. The first-order chi connectivity index (χ1) is 6.40. The summed E-state index contributed by atoms with van der Waals surface area (Å²) < 4.78 is 1.28. The third kappa shape index (κ3) is 1.70. The van der Waals surface area contributed by atoms with E-state index in [1.165, 1.54) is 21.2 Å². The Bertz CT molecular complexity index is 400. The highest BCUT2D eigenvalue weighted by Crippen LogP contribution is 2.24. The maximum Gasteiger partial charge on any atom is 0.0487 e. The molecule has 0 bridgehead atoms. The van der Waals surface area contributed by atoms with Crippen LogP contribution in [-0.4, -0.2) is 11.4 Å². The van der Waals surface area contributed by atoms with Crippen LogP contribution < -0.4 is 0 Å². The first-order valence-corrected chi connectivity index (χ1v) is 4.85. The van der Waals surface area contributed by atoms with Gasteiger partial charge in [-0.1, -0.05) is 18.2 Å². The summed E-state index contributed by atoms with van der Waals surface area (Å²) in [6.07, 6.45) is 2.21. The molecule has 2 nitrogen and oxygen atoms in total. The standard InChI is InChI=1S/C10H9NOS/c12-11-6-5-9-7-8-3-1-2-4-10(8)13-9/h1-4,6-7,12H,5H2. The smallest absolute Gasteiger partial charge is 0.0487 e. The highest BCUT2D eigenvalue weighted by atomic mass is 32.1. The molecule has 0 atom stereocenters. The van der Waals surface area contributed by atoms with Crippen LogP contribution in [0.5, 0.6) is 0 Å². The lowest BCUT2D eigenvalue weighted by atomic mass is 10.2. The highest BCUT2D eigenvalue weighted by Gasteiger charge is 1.98.